The molecular weight excluding hydrogens is 354 g/mol. The number of carboxylic acid groups (broad SMARTS) is 1. The number of hydrogen-bond acceptors (Lipinski definition) is 6. The van der Waals surface area contributed by atoms with Crippen LogP contribution in [-0.2, 0) is 9.53 Å². The van der Waals surface area contributed by atoms with Crippen LogP contribution in [0, 0.1) is 13.8 Å². The first-order valence-corrected chi connectivity index (χ1v) is 8.88. The van der Waals surface area contributed by atoms with Crippen molar-refractivity contribution in [2.24, 2.45) is 0 Å². The Morgan fingerprint density at radius 2 is 1.81 bits per heavy atom. The fourth-order valence-electron chi connectivity index (χ4n) is 3.78. The van der Waals surface area contributed by atoms with Gasteiger partial charge in [0.05, 0.1) is 36.6 Å². The van der Waals surface area contributed by atoms with Gasteiger partial charge in [0.1, 0.15) is 0 Å². The minimum atomic E-state index is -0.557. The van der Waals surface area contributed by atoms with E-state index in [1.165, 1.54) is 6.92 Å². The van der Waals surface area contributed by atoms with Gasteiger partial charge < -0.3 is 24.8 Å². The first-order valence-electron chi connectivity index (χ1n) is 8.88. The quantitative estimate of drug-likeness (QED) is 0.499. The molecule has 1 amide bonds. The topological polar surface area (TPSA) is 123 Å². The number of aromatic nitrogens is 1. The van der Waals surface area contributed by atoms with E-state index < -0.39 is 6.10 Å². The summed E-state index contributed by atoms with van der Waals surface area (Å²) in [5, 5.41) is 17.3. The van der Waals surface area contributed by atoms with Crippen molar-refractivity contribution in [1.82, 2.24) is 14.8 Å². The number of H-pyrrole nitrogens is 1. The van der Waals surface area contributed by atoms with Gasteiger partial charge in [0, 0.05) is 38.8 Å². The lowest BCUT2D eigenvalue weighted by atomic mass is 10.1. The number of aromatic amines is 1. The lowest BCUT2D eigenvalue weighted by Gasteiger charge is -2.33. The van der Waals surface area contributed by atoms with E-state index in [-0.39, 0.29) is 24.2 Å². The molecule has 27 heavy (non-hydrogen) atoms. The van der Waals surface area contributed by atoms with Crippen LogP contribution in [0.2, 0.25) is 0 Å². The molecule has 2 saturated heterocycles. The highest BCUT2D eigenvalue weighted by Crippen LogP contribution is 2.24. The number of morpholine rings is 1. The number of β-amino-alcohol motifs (C(OH)–C–C–N with tert-alkyl or cyclic N) is 1. The summed E-state index contributed by atoms with van der Waals surface area (Å²) in [6, 6.07) is -0.0512. The van der Waals surface area contributed by atoms with Gasteiger partial charge in [-0.3, -0.25) is 19.3 Å². The summed E-state index contributed by atoms with van der Waals surface area (Å²) in [5.74, 6) is -0.203. The highest BCUT2D eigenvalue weighted by molar-refractivity contribution is 6.02. The Hall–Kier alpha value is -2.23. The molecule has 3 heterocycles. The van der Waals surface area contributed by atoms with Crippen molar-refractivity contribution in [1.29, 1.82) is 0 Å². The molecule has 150 valence electrons. The van der Waals surface area contributed by atoms with Crippen molar-refractivity contribution in [2.45, 2.75) is 32.9 Å². The molecule has 0 saturated carbocycles. The Bertz CT molecular complexity index is 696. The number of nitrogens with one attached hydrogen (secondary N) is 1. The molecule has 0 aromatic carbocycles. The Kier molecular flexibility index (Phi) is 7.11. The van der Waals surface area contributed by atoms with E-state index in [4.69, 9.17) is 14.6 Å². The third kappa shape index (κ3) is 4.55. The van der Waals surface area contributed by atoms with Crippen molar-refractivity contribution in [3.8, 4) is 0 Å². The normalized spacial score (nSPS) is 22.9. The van der Waals surface area contributed by atoms with Crippen molar-refractivity contribution >= 4 is 18.2 Å². The van der Waals surface area contributed by atoms with E-state index >= 15 is 0 Å². The Balaban J connectivity index is 0.000000817. The van der Waals surface area contributed by atoms with Crippen molar-refractivity contribution in [2.75, 3.05) is 39.4 Å². The predicted molar refractivity (Wildman–Crippen MR) is 97.1 cm³/mol. The van der Waals surface area contributed by atoms with Gasteiger partial charge in [-0.25, -0.2) is 0 Å². The van der Waals surface area contributed by atoms with Gasteiger partial charge in [0.2, 0.25) is 0 Å². The summed E-state index contributed by atoms with van der Waals surface area (Å²) in [4.78, 5) is 39.9. The van der Waals surface area contributed by atoms with Gasteiger partial charge in [0.25, 0.3) is 12.4 Å². The van der Waals surface area contributed by atoms with Crippen molar-refractivity contribution < 1.29 is 29.3 Å². The minimum absolute atomic E-state index is 0.0512. The van der Waals surface area contributed by atoms with Gasteiger partial charge in [-0.05, 0) is 19.4 Å². The molecule has 0 radical (unpaired) electrons. The molecule has 0 aliphatic carbocycles. The number of aliphatic hydroxyl groups is 1. The molecule has 0 bridgehead atoms. The highest BCUT2D eigenvalue weighted by Gasteiger charge is 2.39. The molecule has 3 rings (SSSR count). The number of hydrogen-bond donors (Lipinski definition) is 3. The van der Waals surface area contributed by atoms with Crippen LogP contribution in [0.1, 0.15) is 39.0 Å². The standard InChI is InChI=1S/C17H25N3O4.CH2O2/c1-10-15(11(2)18-16(10)12(3)21)17(23)20-8-13(14(22)9-20)19-4-6-24-7-5-19;2-1-3/h13-14,18,22H,4-9H2,1-3H3;1H,(H,2,3)/t13-,14-;/m0./s1. The zero-order chi connectivity index (χ0) is 20.1. The van der Waals surface area contributed by atoms with Gasteiger partial charge in [-0.15, -0.1) is 0 Å². The number of amides is 1. The summed E-state index contributed by atoms with van der Waals surface area (Å²) in [7, 11) is 0. The summed E-state index contributed by atoms with van der Waals surface area (Å²) >= 11 is 0. The van der Waals surface area contributed by atoms with E-state index in [1.54, 1.807) is 18.7 Å². The first-order chi connectivity index (χ1) is 12.8. The second-order valence-electron chi connectivity index (χ2n) is 6.78. The SMILES string of the molecule is CC(=O)c1[nH]c(C)c(C(=O)N2C[C@H](O)[C@@H](N3CCOCC3)C2)c1C.O=CO. The lowest BCUT2D eigenvalue weighted by molar-refractivity contribution is -0.122. The summed E-state index contributed by atoms with van der Waals surface area (Å²) in [6.07, 6.45) is -0.557. The van der Waals surface area contributed by atoms with E-state index in [9.17, 15) is 14.7 Å². The summed E-state index contributed by atoms with van der Waals surface area (Å²) in [6.45, 7) is 8.53. The van der Waals surface area contributed by atoms with Crippen LogP contribution in [0.25, 0.3) is 0 Å². The van der Waals surface area contributed by atoms with Crippen LogP contribution in [0.5, 0.6) is 0 Å². The molecule has 3 N–H and O–H groups in total. The average Bonchev–Trinajstić information content (AvgIpc) is 3.16. The third-order valence-electron chi connectivity index (χ3n) is 5.06. The maximum Gasteiger partial charge on any atom is 0.290 e. The van der Waals surface area contributed by atoms with Gasteiger partial charge in [0.15, 0.2) is 5.78 Å². The molecule has 9 heteroatoms. The Labute approximate surface area is 157 Å². The zero-order valence-electron chi connectivity index (χ0n) is 15.9. The summed E-state index contributed by atoms with van der Waals surface area (Å²) < 4.78 is 5.35. The third-order valence-corrected chi connectivity index (χ3v) is 5.06. The maximum atomic E-state index is 12.9. The number of carbonyl (C=O) groups excluding carboxylic acids is 2. The molecule has 1 aromatic rings. The monoisotopic (exact) mass is 381 g/mol. The number of ketones is 1. The van der Waals surface area contributed by atoms with Crippen molar-refractivity contribution in [3.63, 3.8) is 0 Å². The van der Waals surface area contributed by atoms with Gasteiger partial charge >= 0.3 is 0 Å². The highest BCUT2D eigenvalue weighted by atomic mass is 16.5. The predicted octanol–water partition coefficient (Wildman–Crippen LogP) is 0.0524. The van der Waals surface area contributed by atoms with Gasteiger partial charge in [-0.2, -0.15) is 0 Å². The fourth-order valence-corrected chi connectivity index (χ4v) is 3.78. The number of ether oxygens (including phenoxy) is 1. The fraction of sp³-hybridized carbons (Fsp3) is 0.611. The number of Topliss-reactive ketones (excluding diaryl/α,β-unsaturated/α-hetero) is 1. The molecule has 9 nitrogen and oxygen atoms in total. The van der Waals surface area contributed by atoms with E-state index in [0.29, 0.717) is 48.8 Å². The van der Waals surface area contributed by atoms with Crippen LogP contribution >= 0.6 is 0 Å². The number of aliphatic hydroxyl groups excluding tert-OH is 1. The molecule has 0 spiro atoms. The van der Waals surface area contributed by atoms with Crippen LogP contribution in [-0.4, -0.2) is 94.7 Å². The number of carbonyl (C=O) groups is 3. The van der Waals surface area contributed by atoms with Crippen LogP contribution in [0.4, 0.5) is 0 Å². The number of aryl methyl sites for hydroxylation is 1. The second kappa shape index (κ2) is 9.12. The van der Waals surface area contributed by atoms with E-state index in [0.717, 1.165) is 13.1 Å². The van der Waals surface area contributed by atoms with Crippen LogP contribution < -0.4 is 0 Å². The largest absolute Gasteiger partial charge is 0.483 e. The molecule has 2 fully saturated rings. The number of likely N-dealkylation sites (tertiary alicyclic amines) is 1. The molecular formula is C18H27N3O6. The summed E-state index contributed by atoms with van der Waals surface area (Å²) in [5.41, 5.74) is 2.43. The molecule has 2 atom stereocenters. The molecule has 1 aromatic heterocycles. The molecule has 2 aliphatic heterocycles. The van der Waals surface area contributed by atoms with Gasteiger partial charge in [-0.1, -0.05) is 0 Å². The van der Waals surface area contributed by atoms with Crippen molar-refractivity contribution in [3.05, 3.63) is 22.5 Å². The molecule has 2 aliphatic rings. The lowest BCUT2D eigenvalue weighted by Crippen LogP contribution is -2.49. The second-order valence-corrected chi connectivity index (χ2v) is 6.78. The van der Waals surface area contributed by atoms with Crippen LogP contribution in [0.15, 0.2) is 0 Å². The smallest absolute Gasteiger partial charge is 0.290 e. The maximum absolute atomic E-state index is 12.9. The van der Waals surface area contributed by atoms with Crippen LogP contribution in [0.3, 0.4) is 0 Å². The number of nitrogens with zero attached hydrogens (tertiary/aromatic N) is 2. The Morgan fingerprint density at radius 1 is 1.22 bits per heavy atom. The molecule has 0 unspecified atom stereocenters. The minimum Gasteiger partial charge on any atom is -0.483 e. The first kappa shape index (κ1) is 21.1. The van der Waals surface area contributed by atoms with E-state index in [1.807, 2.05) is 0 Å². The zero-order valence-corrected chi connectivity index (χ0v) is 15.9. The van der Waals surface area contributed by atoms with E-state index in [2.05, 4.69) is 9.88 Å². The number of rotatable bonds is 3. The Morgan fingerprint density at radius 3 is 2.33 bits per heavy atom. The average molecular weight is 381 g/mol.